The average molecular weight is 259 g/mol. The highest BCUT2D eigenvalue weighted by Crippen LogP contribution is 2.21. The number of hydrogen-bond donors (Lipinski definition) is 0. The summed E-state index contributed by atoms with van der Waals surface area (Å²) in [6.45, 7) is 2.63. The molecule has 0 radical (unpaired) electrons. The van der Waals surface area contributed by atoms with Gasteiger partial charge in [0.25, 0.3) is 0 Å². The molecule has 6 heteroatoms. The fourth-order valence-electron chi connectivity index (χ4n) is 1.70. The summed E-state index contributed by atoms with van der Waals surface area (Å²) >= 11 is 0. The molecule has 1 aliphatic heterocycles. The molecule has 0 aromatic rings. The lowest BCUT2D eigenvalue weighted by molar-refractivity contribution is -0.137. The molecule has 5 nitrogen and oxygen atoms in total. The number of amides is 1. The van der Waals surface area contributed by atoms with E-state index in [0.29, 0.717) is 25.3 Å². The van der Waals surface area contributed by atoms with E-state index in [1.807, 2.05) is 0 Å². The van der Waals surface area contributed by atoms with Crippen LogP contribution in [0.4, 0.5) is 0 Å². The van der Waals surface area contributed by atoms with Crippen molar-refractivity contribution in [2.45, 2.75) is 19.8 Å². The van der Waals surface area contributed by atoms with Crippen LogP contribution in [0.25, 0.3) is 0 Å². The largest absolute Gasteiger partial charge is 0.463 e. The number of hydrogen-bond acceptors (Lipinski definition) is 4. The normalized spacial score (nSPS) is 19.4. The third-order valence-electron chi connectivity index (χ3n) is 2.36. The minimum absolute atomic E-state index is 0.000164. The second-order valence-corrected chi connectivity index (χ2v) is 5.19. The lowest BCUT2D eigenvalue weighted by Crippen LogP contribution is -2.30. The second kappa shape index (κ2) is 6.54. The van der Waals surface area contributed by atoms with Crippen molar-refractivity contribution in [2.75, 3.05) is 25.2 Å². The third-order valence-corrected chi connectivity index (χ3v) is 3.01. The SMILES string of the molecule is CCOC(=O)C=C1CCCN1C(=O)CS(C)=O. The van der Waals surface area contributed by atoms with Crippen molar-refractivity contribution in [3.8, 4) is 0 Å². The van der Waals surface area contributed by atoms with Gasteiger partial charge in [-0.05, 0) is 19.8 Å². The Labute approximate surface area is 103 Å². The van der Waals surface area contributed by atoms with E-state index in [2.05, 4.69) is 0 Å². The van der Waals surface area contributed by atoms with E-state index in [4.69, 9.17) is 4.74 Å². The molecule has 0 aromatic carbocycles. The number of carbonyl (C=O) groups is 2. The van der Waals surface area contributed by atoms with Gasteiger partial charge < -0.3 is 9.64 Å². The van der Waals surface area contributed by atoms with E-state index in [1.165, 1.54) is 17.2 Å². The Hall–Kier alpha value is -1.17. The van der Waals surface area contributed by atoms with Gasteiger partial charge in [0.05, 0.1) is 6.61 Å². The third kappa shape index (κ3) is 4.30. The molecule has 1 rings (SSSR count). The van der Waals surface area contributed by atoms with E-state index < -0.39 is 16.8 Å². The molecule has 1 saturated heterocycles. The fraction of sp³-hybridized carbons (Fsp3) is 0.636. The number of nitrogens with zero attached hydrogens (tertiary/aromatic N) is 1. The number of ether oxygens (including phenoxy) is 1. The summed E-state index contributed by atoms with van der Waals surface area (Å²) in [5.74, 6) is -0.626. The molecule has 0 bridgehead atoms. The van der Waals surface area contributed by atoms with Crippen molar-refractivity contribution in [2.24, 2.45) is 0 Å². The molecule has 1 atom stereocenters. The summed E-state index contributed by atoms with van der Waals surface area (Å²) in [7, 11) is -1.16. The molecule has 0 aliphatic carbocycles. The lowest BCUT2D eigenvalue weighted by Gasteiger charge is -2.16. The van der Waals surface area contributed by atoms with E-state index in [0.717, 1.165) is 6.42 Å². The maximum atomic E-state index is 11.7. The van der Waals surface area contributed by atoms with Crippen molar-refractivity contribution < 1.29 is 18.5 Å². The first-order valence-corrected chi connectivity index (χ1v) is 7.25. The molecule has 17 heavy (non-hydrogen) atoms. The van der Waals surface area contributed by atoms with E-state index >= 15 is 0 Å². The summed E-state index contributed by atoms with van der Waals surface area (Å²) in [6.07, 6.45) is 4.35. The van der Waals surface area contributed by atoms with Gasteiger partial charge in [0, 0.05) is 35.4 Å². The lowest BCUT2D eigenvalue weighted by atomic mass is 10.3. The molecule has 0 N–H and O–H groups in total. The minimum atomic E-state index is -1.16. The Morgan fingerprint density at radius 1 is 1.53 bits per heavy atom. The predicted octanol–water partition coefficient (Wildman–Crippen LogP) is 0.434. The molecule has 0 spiro atoms. The molecular formula is C11H17NO4S. The first-order chi connectivity index (χ1) is 8.04. The number of esters is 1. The Morgan fingerprint density at radius 3 is 2.82 bits per heavy atom. The topological polar surface area (TPSA) is 63.7 Å². The van der Waals surface area contributed by atoms with Crippen molar-refractivity contribution in [1.82, 2.24) is 4.90 Å². The molecule has 1 unspecified atom stereocenters. The number of allylic oxidation sites excluding steroid dienone is 1. The highest BCUT2D eigenvalue weighted by atomic mass is 32.2. The maximum absolute atomic E-state index is 11.7. The molecule has 1 amide bonds. The van der Waals surface area contributed by atoms with E-state index in [-0.39, 0.29) is 11.7 Å². The summed E-state index contributed by atoms with van der Waals surface area (Å²) in [6, 6.07) is 0. The Balaban J connectivity index is 2.69. The van der Waals surface area contributed by atoms with Crippen LogP contribution < -0.4 is 0 Å². The molecular weight excluding hydrogens is 242 g/mol. The Bertz CT molecular complexity index is 364. The van der Waals surface area contributed by atoms with Crippen LogP contribution in [-0.2, 0) is 25.1 Å². The van der Waals surface area contributed by atoms with Crippen LogP contribution in [0.2, 0.25) is 0 Å². The molecule has 0 aromatic heterocycles. The number of rotatable bonds is 4. The second-order valence-electron chi connectivity index (χ2n) is 3.75. The van der Waals surface area contributed by atoms with Gasteiger partial charge in [-0.25, -0.2) is 4.79 Å². The summed E-state index contributed by atoms with van der Waals surface area (Å²) < 4.78 is 15.8. The zero-order valence-electron chi connectivity index (χ0n) is 10.1. The number of carbonyl (C=O) groups excluding carboxylic acids is 2. The first kappa shape index (κ1) is 13.9. The fourth-order valence-corrected chi connectivity index (χ4v) is 2.21. The van der Waals surface area contributed by atoms with E-state index in [1.54, 1.807) is 6.92 Å². The highest BCUT2D eigenvalue weighted by molar-refractivity contribution is 7.85. The minimum Gasteiger partial charge on any atom is -0.463 e. The van der Waals surface area contributed by atoms with Gasteiger partial charge in [-0.2, -0.15) is 0 Å². The van der Waals surface area contributed by atoms with Crippen LogP contribution in [0.15, 0.2) is 11.8 Å². The molecule has 0 saturated carbocycles. The molecule has 96 valence electrons. The van der Waals surface area contributed by atoms with Crippen LogP contribution in [0.5, 0.6) is 0 Å². The first-order valence-electron chi connectivity index (χ1n) is 5.52. The van der Waals surface area contributed by atoms with Crippen LogP contribution in [0.1, 0.15) is 19.8 Å². The van der Waals surface area contributed by atoms with Gasteiger partial charge in [0.2, 0.25) is 5.91 Å². The summed E-state index contributed by atoms with van der Waals surface area (Å²) in [5, 5.41) is 0. The van der Waals surface area contributed by atoms with Gasteiger partial charge >= 0.3 is 5.97 Å². The summed E-state index contributed by atoms with van der Waals surface area (Å²) in [5.41, 5.74) is 0.666. The monoisotopic (exact) mass is 259 g/mol. The van der Waals surface area contributed by atoms with Crippen LogP contribution in [-0.4, -0.2) is 46.1 Å². The number of likely N-dealkylation sites (tertiary alicyclic amines) is 1. The molecule has 1 fully saturated rings. The van der Waals surface area contributed by atoms with Crippen molar-refractivity contribution in [3.05, 3.63) is 11.8 Å². The predicted molar refractivity (Wildman–Crippen MR) is 64.6 cm³/mol. The highest BCUT2D eigenvalue weighted by Gasteiger charge is 2.24. The van der Waals surface area contributed by atoms with Crippen LogP contribution >= 0.6 is 0 Å². The van der Waals surface area contributed by atoms with Crippen molar-refractivity contribution in [1.29, 1.82) is 0 Å². The van der Waals surface area contributed by atoms with Gasteiger partial charge in [-0.1, -0.05) is 0 Å². The maximum Gasteiger partial charge on any atom is 0.332 e. The van der Waals surface area contributed by atoms with Gasteiger partial charge in [-0.3, -0.25) is 9.00 Å². The van der Waals surface area contributed by atoms with Crippen LogP contribution in [0, 0.1) is 0 Å². The standard InChI is InChI=1S/C11H17NO4S/c1-3-16-11(14)7-9-5-4-6-12(9)10(13)8-17(2)15/h7H,3-6,8H2,1-2H3. The smallest absolute Gasteiger partial charge is 0.332 e. The van der Waals surface area contributed by atoms with Crippen molar-refractivity contribution in [3.63, 3.8) is 0 Å². The zero-order chi connectivity index (χ0) is 12.8. The molecule has 1 heterocycles. The zero-order valence-corrected chi connectivity index (χ0v) is 10.9. The molecule has 1 aliphatic rings. The van der Waals surface area contributed by atoms with Gasteiger partial charge in [0.15, 0.2) is 0 Å². The van der Waals surface area contributed by atoms with E-state index in [9.17, 15) is 13.8 Å². The average Bonchev–Trinajstić information content (AvgIpc) is 2.65. The Kier molecular flexibility index (Phi) is 5.34. The van der Waals surface area contributed by atoms with Gasteiger partial charge in [0.1, 0.15) is 5.75 Å². The Morgan fingerprint density at radius 2 is 2.24 bits per heavy atom. The van der Waals surface area contributed by atoms with Gasteiger partial charge in [-0.15, -0.1) is 0 Å². The quantitative estimate of drug-likeness (QED) is 0.542. The van der Waals surface area contributed by atoms with Crippen molar-refractivity contribution >= 4 is 22.7 Å². The van der Waals surface area contributed by atoms with Crippen LogP contribution in [0.3, 0.4) is 0 Å². The summed E-state index contributed by atoms with van der Waals surface area (Å²) in [4.78, 5) is 24.6.